The topological polar surface area (TPSA) is 0 Å². The SMILES string of the molecule is CC1(C)c2ccccc2C(C)(C)c2cc3c(cc21)c1ccccc1c1cc2c(cc31)C(C)(C)C1C=CC(c3cccc4c3sc3ccccc34)=CC1C2(C)C. The molecule has 270 valence electrons. The highest BCUT2D eigenvalue weighted by Gasteiger charge is 2.50. The van der Waals surface area contributed by atoms with E-state index in [4.69, 9.17) is 0 Å². The Morgan fingerprint density at radius 2 is 0.891 bits per heavy atom. The molecule has 1 heterocycles. The van der Waals surface area contributed by atoms with Crippen molar-refractivity contribution in [1.82, 2.24) is 0 Å². The average molecular weight is 729 g/mol. The van der Waals surface area contributed by atoms with E-state index in [-0.39, 0.29) is 21.7 Å². The van der Waals surface area contributed by atoms with Gasteiger partial charge in [0.15, 0.2) is 0 Å². The zero-order valence-electron chi connectivity index (χ0n) is 33.3. The van der Waals surface area contributed by atoms with E-state index in [1.165, 1.54) is 97.0 Å². The Balaban J connectivity index is 1.15. The predicted molar refractivity (Wildman–Crippen MR) is 239 cm³/mol. The third-order valence-corrected chi connectivity index (χ3v) is 16.0. The van der Waals surface area contributed by atoms with Gasteiger partial charge in [-0.25, -0.2) is 0 Å². The molecule has 3 aliphatic carbocycles. The second-order valence-electron chi connectivity index (χ2n) is 19.0. The van der Waals surface area contributed by atoms with Crippen molar-refractivity contribution < 1.29 is 0 Å². The van der Waals surface area contributed by atoms with E-state index in [1.54, 1.807) is 0 Å². The summed E-state index contributed by atoms with van der Waals surface area (Å²) >= 11 is 1.93. The molecule has 55 heavy (non-hydrogen) atoms. The Kier molecular flexibility index (Phi) is 6.59. The summed E-state index contributed by atoms with van der Waals surface area (Å²) in [5, 5.41) is 11.0. The second-order valence-corrected chi connectivity index (χ2v) is 20.0. The highest BCUT2D eigenvalue weighted by atomic mass is 32.1. The maximum atomic E-state index is 2.64. The highest BCUT2D eigenvalue weighted by molar-refractivity contribution is 7.26. The maximum absolute atomic E-state index is 2.64. The van der Waals surface area contributed by atoms with E-state index < -0.39 is 0 Å². The van der Waals surface area contributed by atoms with Crippen LogP contribution in [-0.2, 0) is 21.7 Å². The van der Waals surface area contributed by atoms with Gasteiger partial charge in [0, 0.05) is 31.0 Å². The number of hydrogen-bond donors (Lipinski definition) is 0. The van der Waals surface area contributed by atoms with Gasteiger partial charge in [-0.1, -0.05) is 159 Å². The van der Waals surface area contributed by atoms with E-state index in [9.17, 15) is 0 Å². The molecule has 2 unspecified atom stereocenters. The van der Waals surface area contributed by atoms with Crippen molar-refractivity contribution in [2.45, 2.75) is 77.0 Å². The number of rotatable bonds is 1. The van der Waals surface area contributed by atoms with Crippen LogP contribution in [0.2, 0.25) is 0 Å². The molecule has 0 aliphatic heterocycles. The van der Waals surface area contributed by atoms with Gasteiger partial charge in [-0.2, -0.15) is 0 Å². The summed E-state index contributed by atoms with van der Waals surface area (Å²) in [7, 11) is 0. The minimum absolute atomic E-state index is 0.0573. The van der Waals surface area contributed by atoms with Crippen LogP contribution < -0.4 is 0 Å². The largest absolute Gasteiger partial charge is 0.135 e. The Morgan fingerprint density at radius 3 is 1.49 bits per heavy atom. The molecule has 0 fully saturated rings. The zero-order valence-corrected chi connectivity index (χ0v) is 34.1. The van der Waals surface area contributed by atoms with Gasteiger partial charge in [0.25, 0.3) is 0 Å². The summed E-state index contributed by atoms with van der Waals surface area (Å²) in [6.45, 7) is 19.8. The number of benzene rings is 7. The van der Waals surface area contributed by atoms with E-state index in [1.807, 2.05) is 11.3 Å². The monoisotopic (exact) mass is 728 g/mol. The van der Waals surface area contributed by atoms with Crippen LogP contribution in [0.25, 0.3) is 58.1 Å². The fraction of sp³-hybridized carbons (Fsp3) is 0.259. The number of thiophene rings is 1. The summed E-state index contributed by atoms with van der Waals surface area (Å²) in [4.78, 5) is 0. The van der Waals surface area contributed by atoms with Gasteiger partial charge in [-0.05, 0) is 130 Å². The standard InChI is InChI=1S/C54H48S/c1-51(2)41-21-12-13-22-42(41)52(3,4)46-29-39-37(27-45(46)51)33-16-9-10-17-34(33)38-28-48-47(30-40(38)39)53(5,6)43-25-24-31(26-44(43)54(48,7)8)32-19-15-20-36-35-18-11-14-23-49(35)55-50(32)36/h9-30,43-44H,1-8H3. The average Bonchev–Trinajstić information content (AvgIpc) is 3.58. The molecule has 1 aromatic heterocycles. The molecule has 2 atom stereocenters. The highest BCUT2D eigenvalue weighted by Crippen LogP contribution is 2.58. The van der Waals surface area contributed by atoms with Crippen molar-refractivity contribution in [3.63, 3.8) is 0 Å². The fourth-order valence-electron chi connectivity index (χ4n) is 11.5. The van der Waals surface area contributed by atoms with Crippen molar-refractivity contribution in [3.05, 3.63) is 172 Å². The van der Waals surface area contributed by atoms with Crippen molar-refractivity contribution in [1.29, 1.82) is 0 Å². The van der Waals surface area contributed by atoms with Gasteiger partial charge in [0.2, 0.25) is 0 Å². The predicted octanol–water partition coefficient (Wildman–Crippen LogP) is 14.9. The molecule has 0 nitrogen and oxygen atoms in total. The molecule has 0 spiro atoms. The normalized spacial score (nSPS) is 21.3. The van der Waals surface area contributed by atoms with E-state index in [0.29, 0.717) is 11.8 Å². The molecule has 3 aliphatic rings. The summed E-state index contributed by atoms with van der Waals surface area (Å²) in [5.41, 5.74) is 11.2. The maximum Gasteiger partial charge on any atom is 0.0433 e. The number of hydrogen-bond acceptors (Lipinski definition) is 1. The molecule has 11 rings (SSSR count). The van der Waals surface area contributed by atoms with Gasteiger partial charge in [0.05, 0.1) is 0 Å². The first-order valence-corrected chi connectivity index (χ1v) is 21.0. The summed E-state index contributed by atoms with van der Waals surface area (Å²) in [6.07, 6.45) is 7.66. The van der Waals surface area contributed by atoms with Crippen molar-refractivity contribution in [2.75, 3.05) is 0 Å². The van der Waals surface area contributed by atoms with Crippen LogP contribution >= 0.6 is 11.3 Å². The van der Waals surface area contributed by atoms with Crippen LogP contribution in [0.4, 0.5) is 0 Å². The van der Waals surface area contributed by atoms with Crippen LogP contribution in [0.15, 0.2) is 133 Å². The lowest BCUT2D eigenvalue weighted by molar-refractivity contribution is 0.191. The molecule has 0 radical (unpaired) electrons. The summed E-state index contributed by atoms with van der Waals surface area (Å²) in [6, 6.07) is 44.5. The lowest BCUT2D eigenvalue weighted by atomic mass is 9.51. The lowest BCUT2D eigenvalue weighted by Crippen LogP contribution is -2.48. The Bertz CT molecular complexity index is 3040. The smallest absolute Gasteiger partial charge is 0.0433 e. The van der Waals surface area contributed by atoms with Gasteiger partial charge in [-0.3, -0.25) is 0 Å². The minimum atomic E-state index is -0.104. The first-order valence-electron chi connectivity index (χ1n) is 20.2. The van der Waals surface area contributed by atoms with E-state index in [2.05, 4.69) is 189 Å². The molecule has 0 N–H and O–H groups in total. The first kappa shape index (κ1) is 33.4. The molecular formula is C54H48S. The summed E-state index contributed by atoms with van der Waals surface area (Å²) < 4.78 is 2.76. The molecule has 0 saturated carbocycles. The van der Waals surface area contributed by atoms with Crippen molar-refractivity contribution in [2.24, 2.45) is 11.8 Å². The van der Waals surface area contributed by atoms with Gasteiger partial charge in [0.1, 0.15) is 0 Å². The fourth-order valence-corrected chi connectivity index (χ4v) is 12.8. The third-order valence-electron chi connectivity index (χ3n) is 14.7. The Labute approximate surface area is 329 Å². The molecule has 0 bridgehead atoms. The van der Waals surface area contributed by atoms with Gasteiger partial charge >= 0.3 is 0 Å². The molecule has 0 saturated heterocycles. The molecule has 8 aromatic rings. The Hall–Kier alpha value is -4.98. The van der Waals surface area contributed by atoms with E-state index in [0.717, 1.165) is 0 Å². The Morgan fingerprint density at radius 1 is 0.418 bits per heavy atom. The van der Waals surface area contributed by atoms with Crippen molar-refractivity contribution >= 4 is 69.4 Å². The van der Waals surface area contributed by atoms with E-state index >= 15 is 0 Å². The van der Waals surface area contributed by atoms with Crippen LogP contribution in [-0.4, -0.2) is 0 Å². The summed E-state index contributed by atoms with van der Waals surface area (Å²) in [5.74, 6) is 0.743. The molecule has 0 amide bonds. The van der Waals surface area contributed by atoms with Gasteiger partial charge in [-0.15, -0.1) is 11.3 Å². The van der Waals surface area contributed by atoms with Crippen molar-refractivity contribution in [3.8, 4) is 0 Å². The van der Waals surface area contributed by atoms with Gasteiger partial charge < -0.3 is 0 Å². The first-order chi connectivity index (χ1) is 26.3. The molecule has 7 aromatic carbocycles. The third kappa shape index (κ3) is 4.29. The van der Waals surface area contributed by atoms with Crippen LogP contribution in [0.3, 0.4) is 0 Å². The second kappa shape index (κ2) is 10.9. The van der Waals surface area contributed by atoms with Crippen LogP contribution in [0, 0.1) is 11.8 Å². The zero-order chi connectivity index (χ0) is 37.8. The number of allylic oxidation sites excluding steroid dienone is 4. The van der Waals surface area contributed by atoms with Crippen LogP contribution in [0.1, 0.15) is 94.3 Å². The van der Waals surface area contributed by atoms with Crippen LogP contribution in [0.5, 0.6) is 0 Å². The number of fused-ring (bicyclic) bond motifs is 13. The minimum Gasteiger partial charge on any atom is -0.135 e. The molecule has 1 heteroatoms. The lowest BCUT2D eigenvalue weighted by Gasteiger charge is -2.53. The molecular weight excluding hydrogens is 681 g/mol. The quantitative estimate of drug-likeness (QED) is 0.148.